The Bertz CT molecular complexity index is 633. The molecule has 0 bridgehead atoms. The van der Waals surface area contributed by atoms with Crippen LogP contribution in [0.4, 0.5) is 0 Å². The second-order valence-corrected chi connectivity index (χ2v) is 6.89. The van der Waals surface area contributed by atoms with E-state index in [-0.39, 0.29) is 42.3 Å². The highest BCUT2D eigenvalue weighted by Crippen LogP contribution is 2.10. The molecule has 1 fully saturated rings. The lowest BCUT2D eigenvalue weighted by molar-refractivity contribution is -0.128. The van der Waals surface area contributed by atoms with Crippen LogP contribution in [-0.2, 0) is 4.79 Å². The maximum atomic E-state index is 12.1. The van der Waals surface area contributed by atoms with Crippen molar-refractivity contribution in [3.05, 3.63) is 34.3 Å². The molecular weight excluding hydrogens is 525 g/mol. The molecule has 0 atom stereocenters. The fraction of sp³-hybridized carbons (Fsp3) is 0.500. The van der Waals surface area contributed by atoms with E-state index in [0.717, 1.165) is 30.4 Å². The number of carbonyl (C=O) groups is 2. The SMILES string of the molecule is CCNC(=NCC(=O)N1CCCC1)NCCNC(=O)c1ccc(Br)cc1.I. The maximum Gasteiger partial charge on any atom is 0.251 e. The summed E-state index contributed by atoms with van der Waals surface area (Å²) in [6, 6.07) is 7.20. The number of nitrogens with one attached hydrogen (secondary N) is 3. The zero-order valence-electron chi connectivity index (χ0n) is 15.5. The average Bonchev–Trinajstić information content (AvgIpc) is 3.18. The van der Waals surface area contributed by atoms with Gasteiger partial charge < -0.3 is 20.9 Å². The van der Waals surface area contributed by atoms with Gasteiger partial charge in [0.05, 0.1) is 0 Å². The fourth-order valence-corrected chi connectivity index (χ4v) is 2.88. The minimum atomic E-state index is -0.120. The highest BCUT2D eigenvalue weighted by Gasteiger charge is 2.17. The van der Waals surface area contributed by atoms with Gasteiger partial charge in [-0.15, -0.1) is 24.0 Å². The van der Waals surface area contributed by atoms with Crippen LogP contribution >= 0.6 is 39.9 Å². The van der Waals surface area contributed by atoms with Gasteiger partial charge in [0.1, 0.15) is 6.54 Å². The van der Waals surface area contributed by atoms with E-state index in [1.54, 1.807) is 12.1 Å². The van der Waals surface area contributed by atoms with Gasteiger partial charge in [-0.05, 0) is 44.0 Å². The van der Waals surface area contributed by atoms with Gasteiger partial charge in [-0.2, -0.15) is 0 Å². The molecule has 1 aliphatic heterocycles. The number of hydrogen-bond acceptors (Lipinski definition) is 3. The second-order valence-electron chi connectivity index (χ2n) is 5.97. The van der Waals surface area contributed by atoms with Crippen LogP contribution in [0.2, 0.25) is 0 Å². The van der Waals surface area contributed by atoms with E-state index in [1.807, 2.05) is 24.0 Å². The van der Waals surface area contributed by atoms with Crippen molar-refractivity contribution in [1.82, 2.24) is 20.9 Å². The Kier molecular flexibility index (Phi) is 11.3. The molecular formula is C18H27BrIN5O2. The Hall–Kier alpha value is -1.36. The van der Waals surface area contributed by atoms with Crippen LogP contribution in [0.15, 0.2) is 33.7 Å². The topological polar surface area (TPSA) is 85.8 Å². The molecule has 3 N–H and O–H groups in total. The number of carbonyl (C=O) groups excluding carboxylic acids is 2. The third-order valence-corrected chi connectivity index (χ3v) is 4.51. The Labute approximate surface area is 185 Å². The molecule has 1 heterocycles. The van der Waals surface area contributed by atoms with Gasteiger partial charge in [-0.3, -0.25) is 9.59 Å². The van der Waals surface area contributed by atoms with E-state index in [2.05, 4.69) is 36.9 Å². The van der Waals surface area contributed by atoms with Crippen molar-refractivity contribution in [3.8, 4) is 0 Å². The normalized spacial score (nSPS) is 13.7. The summed E-state index contributed by atoms with van der Waals surface area (Å²) in [5, 5.41) is 9.08. The second kappa shape index (κ2) is 12.9. The average molecular weight is 552 g/mol. The van der Waals surface area contributed by atoms with Gasteiger partial charge in [-0.1, -0.05) is 15.9 Å². The molecule has 1 saturated heterocycles. The Balaban J connectivity index is 0.00000364. The first-order valence-electron chi connectivity index (χ1n) is 8.94. The molecule has 1 aromatic rings. The molecule has 27 heavy (non-hydrogen) atoms. The molecule has 1 aliphatic rings. The minimum absolute atomic E-state index is 0. The fourth-order valence-electron chi connectivity index (χ4n) is 2.62. The standard InChI is InChI=1S/C18H26BrN5O2.HI/c1-2-20-18(23-13-16(25)24-11-3-4-12-24)22-10-9-21-17(26)14-5-7-15(19)8-6-14;/h5-8H,2-4,9-13H2,1H3,(H,21,26)(H2,20,22,23);1H. The summed E-state index contributed by atoms with van der Waals surface area (Å²) in [6.45, 7) is 5.45. The van der Waals surface area contributed by atoms with Crippen molar-refractivity contribution < 1.29 is 9.59 Å². The van der Waals surface area contributed by atoms with E-state index in [0.29, 0.717) is 31.2 Å². The molecule has 7 nitrogen and oxygen atoms in total. The van der Waals surface area contributed by atoms with Crippen molar-refractivity contribution in [2.45, 2.75) is 19.8 Å². The van der Waals surface area contributed by atoms with E-state index in [1.165, 1.54) is 0 Å². The third kappa shape index (κ3) is 8.46. The third-order valence-electron chi connectivity index (χ3n) is 3.98. The molecule has 150 valence electrons. The zero-order chi connectivity index (χ0) is 18.8. The van der Waals surface area contributed by atoms with Crippen LogP contribution in [-0.4, -0.2) is 61.9 Å². The van der Waals surface area contributed by atoms with E-state index < -0.39 is 0 Å². The summed E-state index contributed by atoms with van der Waals surface area (Å²) in [5.41, 5.74) is 0.616. The van der Waals surface area contributed by atoms with Gasteiger partial charge in [0, 0.05) is 42.8 Å². The largest absolute Gasteiger partial charge is 0.357 e. The van der Waals surface area contributed by atoms with E-state index in [4.69, 9.17) is 0 Å². The van der Waals surface area contributed by atoms with Gasteiger partial charge in [-0.25, -0.2) is 4.99 Å². The number of guanidine groups is 1. The van der Waals surface area contributed by atoms with Gasteiger partial charge in [0.2, 0.25) is 5.91 Å². The lowest BCUT2D eigenvalue weighted by Gasteiger charge is -2.15. The molecule has 9 heteroatoms. The van der Waals surface area contributed by atoms with Crippen molar-refractivity contribution in [2.24, 2.45) is 4.99 Å². The van der Waals surface area contributed by atoms with Gasteiger partial charge in [0.25, 0.3) is 5.91 Å². The summed E-state index contributed by atoms with van der Waals surface area (Å²) in [4.78, 5) is 30.3. The molecule has 0 unspecified atom stereocenters. The molecule has 0 saturated carbocycles. The Morgan fingerprint density at radius 2 is 1.70 bits per heavy atom. The van der Waals surface area contributed by atoms with Crippen molar-refractivity contribution in [1.29, 1.82) is 0 Å². The predicted molar refractivity (Wildman–Crippen MR) is 122 cm³/mol. The molecule has 0 aliphatic carbocycles. The summed E-state index contributed by atoms with van der Waals surface area (Å²) in [7, 11) is 0. The predicted octanol–water partition coefficient (Wildman–Crippen LogP) is 1.97. The van der Waals surface area contributed by atoms with Crippen LogP contribution in [0.1, 0.15) is 30.1 Å². The van der Waals surface area contributed by atoms with Crippen molar-refractivity contribution >= 4 is 57.7 Å². The molecule has 2 amide bonds. The number of nitrogens with zero attached hydrogens (tertiary/aromatic N) is 2. The Morgan fingerprint density at radius 3 is 2.33 bits per heavy atom. The first kappa shape index (κ1) is 23.7. The molecule has 0 spiro atoms. The van der Waals surface area contributed by atoms with E-state index in [9.17, 15) is 9.59 Å². The number of aliphatic imine (C=N–C) groups is 1. The van der Waals surface area contributed by atoms with Gasteiger partial charge >= 0.3 is 0 Å². The van der Waals surface area contributed by atoms with Crippen molar-refractivity contribution in [3.63, 3.8) is 0 Å². The Morgan fingerprint density at radius 1 is 1.07 bits per heavy atom. The quantitative estimate of drug-likeness (QED) is 0.209. The summed E-state index contributed by atoms with van der Waals surface area (Å²) >= 11 is 3.35. The van der Waals surface area contributed by atoms with E-state index >= 15 is 0 Å². The molecule has 2 rings (SSSR count). The maximum absolute atomic E-state index is 12.1. The number of halogens is 2. The number of hydrogen-bond donors (Lipinski definition) is 3. The first-order chi connectivity index (χ1) is 12.6. The lowest BCUT2D eigenvalue weighted by Crippen LogP contribution is -2.42. The smallest absolute Gasteiger partial charge is 0.251 e. The number of likely N-dealkylation sites (tertiary alicyclic amines) is 1. The van der Waals surface area contributed by atoms with Gasteiger partial charge in [0.15, 0.2) is 5.96 Å². The van der Waals surface area contributed by atoms with Crippen LogP contribution in [0.25, 0.3) is 0 Å². The van der Waals surface area contributed by atoms with Crippen LogP contribution in [0.3, 0.4) is 0 Å². The zero-order valence-corrected chi connectivity index (χ0v) is 19.4. The van der Waals surface area contributed by atoms with Crippen LogP contribution in [0.5, 0.6) is 0 Å². The summed E-state index contributed by atoms with van der Waals surface area (Å²) < 4.78 is 0.936. The monoisotopic (exact) mass is 551 g/mol. The number of benzene rings is 1. The lowest BCUT2D eigenvalue weighted by atomic mass is 10.2. The van der Waals surface area contributed by atoms with Crippen LogP contribution < -0.4 is 16.0 Å². The number of amides is 2. The highest BCUT2D eigenvalue weighted by molar-refractivity contribution is 14.0. The van der Waals surface area contributed by atoms with Crippen LogP contribution in [0, 0.1) is 0 Å². The summed E-state index contributed by atoms with van der Waals surface area (Å²) in [5.74, 6) is 0.520. The highest BCUT2D eigenvalue weighted by atomic mass is 127. The number of rotatable bonds is 7. The molecule has 0 radical (unpaired) electrons. The first-order valence-corrected chi connectivity index (χ1v) is 9.73. The molecule has 1 aromatic carbocycles. The molecule has 0 aromatic heterocycles. The minimum Gasteiger partial charge on any atom is -0.357 e. The summed E-state index contributed by atoms with van der Waals surface area (Å²) in [6.07, 6.45) is 2.15. The van der Waals surface area contributed by atoms with Crippen molar-refractivity contribution in [2.75, 3.05) is 39.3 Å².